The van der Waals surface area contributed by atoms with Gasteiger partial charge < -0.3 is 10.1 Å². The summed E-state index contributed by atoms with van der Waals surface area (Å²) in [7, 11) is 0. The van der Waals surface area contributed by atoms with Crippen LogP contribution in [0.15, 0.2) is 33.2 Å². The molecule has 0 heterocycles. The van der Waals surface area contributed by atoms with Crippen LogP contribution in [-0.4, -0.2) is 12.5 Å². The lowest BCUT2D eigenvalue weighted by Gasteiger charge is -2.14. The maximum absolute atomic E-state index is 13.7. The fourth-order valence-electron chi connectivity index (χ4n) is 2.08. The van der Waals surface area contributed by atoms with Crippen LogP contribution in [0.4, 0.5) is 10.1 Å². The number of carbonyl (C=O) groups is 1. The zero-order chi connectivity index (χ0) is 17.1. The predicted molar refractivity (Wildman–Crippen MR) is 96.6 cm³/mol. The molecule has 1 amide bonds. The smallest absolute Gasteiger partial charge is 0.262 e. The third kappa shape index (κ3) is 4.32. The molecular weight excluding hydrogens is 429 g/mol. The number of benzene rings is 2. The molecule has 23 heavy (non-hydrogen) atoms. The molecule has 0 saturated heterocycles. The molecule has 2 rings (SSSR count). The van der Waals surface area contributed by atoms with Crippen molar-refractivity contribution in [3.05, 3.63) is 55.7 Å². The van der Waals surface area contributed by atoms with Crippen LogP contribution >= 0.6 is 31.9 Å². The van der Waals surface area contributed by atoms with Crippen LogP contribution in [0.25, 0.3) is 0 Å². The highest BCUT2D eigenvalue weighted by molar-refractivity contribution is 9.10. The third-order valence-electron chi connectivity index (χ3n) is 3.52. The van der Waals surface area contributed by atoms with Crippen molar-refractivity contribution in [2.24, 2.45) is 0 Å². The van der Waals surface area contributed by atoms with Gasteiger partial charge in [0, 0.05) is 8.95 Å². The van der Waals surface area contributed by atoms with E-state index >= 15 is 0 Å². The molecule has 0 aliphatic heterocycles. The Morgan fingerprint density at radius 2 is 1.87 bits per heavy atom. The number of nitrogens with one attached hydrogen (secondary N) is 1. The lowest BCUT2D eigenvalue weighted by Crippen LogP contribution is -2.21. The number of amides is 1. The predicted octanol–water partition coefficient (Wildman–Crippen LogP) is 5.29. The highest BCUT2D eigenvalue weighted by atomic mass is 79.9. The van der Waals surface area contributed by atoms with Gasteiger partial charge in [0.25, 0.3) is 5.91 Å². The summed E-state index contributed by atoms with van der Waals surface area (Å²) in [5.74, 6) is -0.266. The van der Waals surface area contributed by atoms with Gasteiger partial charge in [-0.3, -0.25) is 4.79 Å². The summed E-state index contributed by atoms with van der Waals surface area (Å²) in [4.78, 5) is 11.9. The molecule has 0 spiro atoms. The molecule has 122 valence electrons. The number of anilines is 1. The molecule has 0 radical (unpaired) electrons. The summed E-state index contributed by atoms with van der Waals surface area (Å²) in [5.41, 5.74) is 3.19. The standard InChI is InChI=1S/C17H16Br2FNO2/c1-9-6-15(10(2)11(3)17(9)19)23-8-16(22)21-14-5-4-12(18)7-13(14)20/h4-7H,8H2,1-3H3,(H,21,22). The molecule has 0 atom stereocenters. The van der Waals surface area contributed by atoms with Gasteiger partial charge >= 0.3 is 0 Å². The lowest BCUT2D eigenvalue weighted by molar-refractivity contribution is -0.118. The van der Waals surface area contributed by atoms with Gasteiger partial charge in [-0.05, 0) is 61.7 Å². The van der Waals surface area contributed by atoms with Gasteiger partial charge in [-0.2, -0.15) is 0 Å². The number of halogens is 3. The van der Waals surface area contributed by atoms with E-state index in [-0.39, 0.29) is 12.3 Å². The normalized spacial score (nSPS) is 10.5. The molecular formula is C17H16Br2FNO2. The Kier molecular flexibility index (Phi) is 5.81. The second kappa shape index (κ2) is 7.45. The number of rotatable bonds is 4. The monoisotopic (exact) mass is 443 g/mol. The quantitative estimate of drug-likeness (QED) is 0.695. The first kappa shape index (κ1) is 17.9. The zero-order valence-corrected chi connectivity index (χ0v) is 16.1. The lowest BCUT2D eigenvalue weighted by atomic mass is 10.1. The van der Waals surface area contributed by atoms with Gasteiger partial charge in [-0.1, -0.05) is 31.9 Å². The van der Waals surface area contributed by atoms with E-state index in [0.717, 1.165) is 21.2 Å². The Labute approximate surface area is 151 Å². The van der Waals surface area contributed by atoms with Crippen molar-refractivity contribution in [1.82, 2.24) is 0 Å². The number of hydrogen-bond donors (Lipinski definition) is 1. The van der Waals surface area contributed by atoms with Crippen LogP contribution in [0.1, 0.15) is 16.7 Å². The third-order valence-corrected chi connectivity index (χ3v) is 5.23. The minimum absolute atomic E-state index is 0.127. The molecule has 0 bridgehead atoms. The van der Waals surface area contributed by atoms with E-state index in [1.807, 2.05) is 26.8 Å². The Hall–Kier alpha value is -1.40. The largest absolute Gasteiger partial charge is 0.483 e. The van der Waals surface area contributed by atoms with E-state index in [9.17, 15) is 9.18 Å². The number of hydrogen-bond acceptors (Lipinski definition) is 2. The van der Waals surface area contributed by atoms with Gasteiger partial charge in [-0.15, -0.1) is 0 Å². The maximum atomic E-state index is 13.7. The summed E-state index contributed by atoms with van der Waals surface area (Å²) in [6.07, 6.45) is 0. The van der Waals surface area contributed by atoms with Crippen molar-refractivity contribution in [2.45, 2.75) is 20.8 Å². The number of carbonyl (C=O) groups excluding carboxylic acids is 1. The van der Waals surface area contributed by atoms with Crippen LogP contribution in [0.3, 0.4) is 0 Å². The molecule has 3 nitrogen and oxygen atoms in total. The van der Waals surface area contributed by atoms with Crippen molar-refractivity contribution in [3.63, 3.8) is 0 Å². The highest BCUT2D eigenvalue weighted by Crippen LogP contribution is 2.31. The molecule has 0 aliphatic carbocycles. The van der Waals surface area contributed by atoms with E-state index < -0.39 is 11.7 Å². The average Bonchev–Trinajstić information content (AvgIpc) is 2.50. The van der Waals surface area contributed by atoms with Gasteiger partial charge in [0.1, 0.15) is 11.6 Å². The minimum atomic E-state index is -0.501. The van der Waals surface area contributed by atoms with Gasteiger partial charge in [0.15, 0.2) is 6.61 Å². The van der Waals surface area contributed by atoms with E-state index in [4.69, 9.17) is 4.74 Å². The van der Waals surface area contributed by atoms with Crippen LogP contribution in [0.2, 0.25) is 0 Å². The SMILES string of the molecule is Cc1cc(OCC(=O)Nc2ccc(Br)cc2F)c(C)c(C)c1Br. The van der Waals surface area contributed by atoms with Crippen LogP contribution in [-0.2, 0) is 4.79 Å². The number of aryl methyl sites for hydroxylation is 1. The van der Waals surface area contributed by atoms with Crippen molar-refractivity contribution in [1.29, 1.82) is 0 Å². The van der Waals surface area contributed by atoms with E-state index in [2.05, 4.69) is 37.2 Å². The Bertz CT molecular complexity index is 763. The summed E-state index contributed by atoms with van der Waals surface area (Å²) in [6.45, 7) is 5.69. The van der Waals surface area contributed by atoms with Gasteiger partial charge in [0.05, 0.1) is 5.69 Å². The zero-order valence-electron chi connectivity index (χ0n) is 13.0. The first-order valence-corrected chi connectivity index (χ1v) is 8.52. The first-order valence-electron chi connectivity index (χ1n) is 6.93. The van der Waals surface area contributed by atoms with E-state index in [1.165, 1.54) is 12.1 Å². The van der Waals surface area contributed by atoms with E-state index in [0.29, 0.717) is 10.2 Å². The Balaban J connectivity index is 2.05. The molecule has 0 aromatic heterocycles. The fraction of sp³-hybridized carbons (Fsp3) is 0.235. The molecule has 0 saturated carbocycles. The topological polar surface area (TPSA) is 38.3 Å². The second-order valence-electron chi connectivity index (χ2n) is 5.22. The summed E-state index contributed by atoms with van der Waals surface area (Å²) < 4.78 is 20.9. The molecule has 2 aromatic carbocycles. The van der Waals surface area contributed by atoms with Gasteiger partial charge in [-0.25, -0.2) is 4.39 Å². The van der Waals surface area contributed by atoms with E-state index in [1.54, 1.807) is 6.07 Å². The van der Waals surface area contributed by atoms with Crippen molar-refractivity contribution in [2.75, 3.05) is 11.9 Å². The second-order valence-corrected chi connectivity index (χ2v) is 6.93. The van der Waals surface area contributed by atoms with Crippen molar-refractivity contribution >= 4 is 43.5 Å². The fourth-order valence-corrected chi connectivity index (χ4v) is 2.83. The number of ether oxygens (including phenoxy) is 1. The van der Waals surface area contributed by atoms with Crippen LogP contribution in [0.5, 0.6) is 5.75 Å². The Morgan fingerprint density at radius 3 is 2.52 bits per heavy atom. The molecule has 6 heteroatoms. The highest BCUT2D eigenvalue weighted by Gasteiger charge is 2.12. The summed E-state index contributed by atoms with van der Waals surface area (Å²) >= 11 is 6.69. The molecule has 0 fully saturated rings. The maximum Gasteiger partial charge on any atom is 0.262 e. The summed E-state index contributed by atoms with van der Waals surface area (Å²) in [5, 5.41) is 2.50. The average molecular weight is 445 g/mol. The molecule has 0 aliphatic rings. The van der Waals surface area contributed by atoms with Crippen LogP contribution in [0, 0.1) is 26.6 Å². The molecule has 2 aromatic rings. The van der Waals surface area contributed by atoms with Crippen LogP contribution < -0.4 is 10.1 Å². The minimum Gasteiger partial charge on any atom is -0.483 e. The first-order chi connectivity index (χ1) is 10.8. The van der Waals surface area contributed by atoms with Crippen molar-refractivity contribution in [3.8, 4) is 5.75 Å². The van der Waals surface area contributed by atoms with Gasteiger partial charge in [0.2, 0.25) is 0 Å². The van der Waals surface area contributed by atoms with Crippen molar-refractivity contribution < 1.29 is 13.9 Å². The summed E-state index contributed by atoms with van der Waals surface area (Å²) in [6, 6.07) is 6.32. The molecule has 1 N–H and O–H groups in total. The Morgan fingerprint density at radius 1 is 1.17 bits per heavy atom. The molecule has 0 unspecified atom stereocenters.